The van der Waals surface area contributed by atoms with Crippen LogP contribution in [0.25, 0.3) is 0 Å². The number of hydrogen-bond donors (Lipinski definition) is 1. The molecule has 0 saturated heterocycles. The van der Waals surface area contributed by atoms with Crippen molar-refractivity contribution in [3.63, 3.8) is 0 Å². The third-order valence-electron chi connectivity index (χ3n) is 2.78. The minimum Gasteiger partial charge on any atom is -0.461 e. The molecule has 0 aliphatic heterocycles. The largest absolute Gasteiger partial charge is 0.461 e. The van der Waals surface area contributed by atoms with Gasteiger partial charge in [-0.25, -0.2) is 4.79 Å². The quantitative estimate of drug-likeness (QED) is 0.676. The van der Waals surface area contributed by atoms with Crippen LogP contribution in [0.5, 0.6) is 0 Å². The fraction of sp³-hybridized carbons (Fsp3) is 0.200. The zero-order valence-electron chi connectivity index (χ0n) is 10.9. The van der Waals surface area contributed by atoms with Crippen LogP contribution in [0.3, 0.4) is 0 Å². The Morgan fingerprint density at radius 3 is 2.53 bits per heavy atom. The van der Waals surface area contributed by atoms with Crippen LogP contribution < -0.4 is 0 Å². The summed E-state index contributed by atoms with van der Waals surface area (Å²) in [7, 11) is 0. The Morgan fingerprint density at radius 1 is 1.21 bits per heavy atom. The molecule has 2 aromatic rings. The molecule has 19 heavy (non-hydrogen) atoms. The van der Waals surface area contributed by atoms with Gasteiger partial charge in [-0.2, -0.15) is 0 Å². The standard InChI is InChI=1S/C15H15NO3/c1-3-19-15(18)13-10(2)9-12(16-13)14(17)11-7-5-4-6-8-11/h4-9,16H,3H2,1-2H3. The van der Waals surface area contributed by atoms with E-state index in [1.54, 1.807) is 44.2 Å². The van der Waals surface area contributed by atoms with E-state index >= 15 is 0 Å². The summed E-state index contributed by atoms with van der Waals surface area (Å²) >= 11 is 0. The van der Waals surface area contributed by atoms with Crippen molar-refractivity contribution in [2.24, 2.45) is 0 Å². The summed E-state index contributed by atoms with van der Waals surface area (Å²) < 4.78 is 4.93. The summed E-state index contributed by atoms with van der Waals surface area (Å²) in [6, 6.07) is 10.6. The first-order valence-corrected chi connectivity index (χ1v) is 6.10. The lowest BCUT2D eigenvalue weighted by Crippen LogP contribution is -2.08. The van der Waals surface area contributed by atoms with Crippen LogP contribution in [0.2, 0.25) is 0 Å². The lowest BCUT2D eigenvalue weighted by atomic mass is 10.1. The van der Waals surface area contributed by atoms with E-state index in [4.69, 9.17) is 4.74 Å². The van der Waals surface area contributed by atoms with Crippen molar-refractivity contribution in [1.29, 1.82) is 0 Å². The SMILES string of the molecule is CCOC(=O)c1[nH]c(C(=O)c2ccccc2)cc1C. The first kappa shape index (κ1) is 13.1. The zero-order valence-corrected chi connectivity index (χ0v) is 10.9. The maximum atomic E-state index is 12.2. The number of carbonyl (C=O) groups is 2. The molecule has 0 saturated carbocycles. The van der Waals surface area contributed by atoms with Gasteiger partial charge < -0.3 is 9.72 Å². The van der Waals surface area contributed by atoms with Gasteiger partial charge in [0.2, 0.25) is 5.78 Å². The van der Waals surface area contributed by atoms with Crippen LogP contribution in [-0.2, 0) is 4.74 Å². The number of ether oxygens (including phenoxy) is 1. The van der Waals surface area contributed by atoms with Crippen molar-refractivity contribution in [3.8, 4) is 0 Å². The fourth-order valence-corrected chi connectivity index (χ4v) is 1.84. The Bertz CT molecular complexity index is 599. The van der Waals surface area contributed by atoms with E-state index in [9.17, 15) is 9.59 Å². The average Bonchev–Trinajstić information content (AvgIpc) is 2.81. The van der Waals surface area contributed by atoms with Gasteiger partial charge in [0.15, 0.2) is 0 Å². The number of aromatic nitrogens is 1. The molecule has 0 radical (unpaired) electrons. The third-order valence-corrected chi connectivity index (χ3v) is 2.78. The molecule has 0 unspecified atom stereocenters. The van der Waals surface area contributed by atoms with Gasteiger partial charge in [0.1, 0.15) is 5.69 Å². The van der Waals surface area contributed by atoms with Crippen molar-refractivity contribution in [2.75, 3.05) is 6.61 Å². The highest BCUT2D eigenvalue weighted by Crippen LogP contribution is 2.15. The smallest absolute Gasteiger partial charge is 0.355 e. The predicted octanol–water partition coefficient (Wildman–Crippen LogP) is 2.73. The summed E-state index contributed by atoms with van der Waals surface area (Å²) in [5, 5.41) is 0. The highest BCUT2D eigenvalue weighted by Gasteiger charge is 2.18. The number of H-pyrrole nitrogens is 1. The molecule has 0 spiro atoms. The second-order valence-corrected chi connectivity index (χ2v) is 4.16. The molecule has 98 valence electrons. The maximum absolute atomic E-state index is 12.2. The zero-order chi connectivity index (χ0) is 13.8. The Morgan fingerprint density at radius 2 is 1.89 bits per heavy atom. The summed E-state index contributed by atoms with van der Waals surface area (Å²) in [5.74, 6) is -0.577. The molecule has 0 aliphatic carbocycles. The summed E-state index contributed by atoms with van der Waals surface area (Å²) in [5.41, 5.74) is 2.02. The molecule has 1 N–H and O–H groups in total. The van der Waals surface area contributed by atoms with Crippen LogP contribution in [-0.4, -0.2) is 23.3 Å². The number of esters is 1. The Kier molecular flexibility index (Phi) is 3.80. The summed E-state index contributed by atoms with van der Waals surface area (Å²) in [6.07, 6.45) is 0. The Labute approximate surface area is 111 Å². The van der Waals surface area contributed by atoms with E-state index in [2.05, 4.69) is 4.98 Å². The maximum Gasteiger partial charge on any atom is 0.355 e. The number of aryl methyl sites for hydroxylation is 1. The second-order valence-electron chi connectivity index (χ2n) is 4.16. The van der Waals surface area contributed by atoms with E-state index in [-0.39, 0.29) is 5.78 Å². The number of nitrogens with one attached hydrogen (secondary N) is 1. The normalized spacial score (nSPS) is 10.2. The van der Waals surface area contributed by atoms with Gasteiger partial charge in [0, 0.05) is 5.56 Å². The van der Waals surface area contributed by atoms with Gasteiger partial charge in [0.25, 0.3) is 0 Å². The van der Waals surface area contributed by atoms with Crippen molar-refractivity contribution >= 4 is 11.8 Å². The van der Waals surface area contributed by atoms with Crippen molar-refractivity contribution in [2.45, 2.75) is 13.8 Å². The number of aromatic amines is 1. The van der Waals surface area contributed by atoms with Crippen LogP contribution in [0.15, 0.2) is 36.4 Å². The first-order chi connectivity index (χ1) is 9.13. The molecule has 1 heterocycles. The molecule has 0 amide bonds. The summed E-state index contributed by atoms with van der Waals surface area (Å²) in [4.78, 5) is 26.7. The van der Waals surface area contributed by atoms with Crippen molar-refractivity contribution < 1.29 is 14.3 Å². The minimum atomic E-state index is -0.438. The van der Waals surface area contributed by atoms with Crippen LogP contribution in [0, 0.1) is 6.92 Å². The van der Waals surface area contributed by atoms with Gasteiger partial charge in [-0.15, -0.1) is 0 Å². The van der Waals surface area contributed by atoms with Crippen molar-refractivity contribution in [1.82, 2.24) is 4.98 Å². The van der Waals surface area contributed by atoms with Gasteiger partial charge in [-0.1, -0.05) is 30.3 Å². The second kappa shape index (κ2) is 5.52. The van der Waals surface area contributed by atoms with E-state index in [0.29, 0.717) is 29.1 Å². The number of ketones is 1. The molecule has 4 nitrogen and oxygen atoms in total. The number of carbonyl (C=O) groups excluding carboxylic acids is 2. The lowest BCUT2D eigenvalue weighted by molar-refractivity contribution is 0.0519. The topological polar surface area (TPSA) is 59.2 Å². The molecule has 4 heteroatoms. The highest BCUT2D eigenvalue weighted by atomic mass is 16.5. The van der Waals surface area contributed by atoms with Crippen LogP contribution >= 0.6 is 0 Å². The van der Waals surface area contributed by atoms with E-state index in [1.165, 1.54) is 0 Å². The number of benzene rings is 1. The fourth-order valence-electron chi connectivity index (χ4n) is 1.84. The molecule has 0 atom stereocenters. The van der Waals surface area contributed by atoms with Gasteiger partial charge in [-0.3, -0.25) is 4.79 Å². The molecule has 1 aromatic carbocycles. The highest BCUT2D eigenvalue weighted by molar-refractivity contribution is 6.08. The molecule has 0 bridgehead atoms. The molecular weight excluding hydrogens is 242 g/mol. The van der Waals surface area contributed by atoms with E-state index in [0.717, 1.165) is 0 Å². The van der Waals surface area contributed by atoms with Gasteiger partial charge in [0.05, 0.1) is 12.3 Å². The van der Waals surface area contributed by atoms with Crippen LogP contribution in [0.4, 0.5) is 0 Å². The van der Waals surface area contributed by atoms with Gasteiger partial charge >= 0.3 is 5.97 Å². The first-order valence-electron chi connectivity index (χ1n) is 6.10. The summed E-state index contributed by atoms with van der Waals surface area (Å²) in [6.45, 7) is 3.82. The average molecular weight is 257 g/mol. The molecule has 0 fully saturated rings. The molecule has 1 aromatic heterocycles. The Hall–Kier alpha value is -2.36. The van der Waals surface area contributed by atoms with Gasteiger partial charge in [-0.05, 0) is 25.5 Å². The van der Waals surface area contributed by atoms with Crippen LogP contribution in [0.1, 0.15) is 39.0 Å². The lowest BCUT2D eigenvalue weighted by Gasteiger charge is -2.00. The third kappa shape index (κ3) is 2.73. The number of rotatable bonds is 4. The van der Waals surface area contributed by atoms with E-state index in [1.807, 2.05) is 6.07 Å². The number of hydrogen-bond acceptors (Lipinski definition) is 3. The molecule has 0 aliphatic rings. The minimum absolute atomic E-state index is 0.140. The molecule has 2 rings (SSSR count). The predicted molar refractivity (Wildman–Crippen MR) is 71.4 cm³/mol. The molecular formula is C15H15NO3. The monoisotopic (exact) mass is 257 g/mol. The van der Waals surface area contributed by atoms with Crippen molar-refractivity contribution in [3.05, 3.63) is 58.9 Å². The Balaban J connectivity index is 2.30. The van der Waals surface area contributed by atoms with E-state index < -0.39 is 5.97 Å².